The van der Waals surface area contributed by atoms with E-state index in [-0.39, 0.29) is 6.54 Å². The maximum absolute atomic E-state index is 12.0. The van der Waals surface area contributed by atoms with E-state index in [2.05, 4.69) is 10.2 Å². The van der Waals surface area contributed by atoms with Gasteiger partial charge in [-0.3, -0.25) is 9.59 Å². The molecular weight excluding hydrogens is 322 g/mol. The molecule has 134 valence electrons. The Morgan fingerprint density at radius 3 is 2.24 bits per heavy atom. The fourth-order valence-corrected chi connectivity index (χ4v) is 3.08. The normalized spacial score (nSPS) is 16.1. The van der Waals surface area contributed by atoms with Crippen molar-refractivity contribution in [3.63, 3.8) is 0 Å². The van der Waals surface area contributed by atoms with E-state index in [1.54, 1.807) is 14.0 Å². The largest absolute Gasteiger partial charge is 0.497 e. The summed E-state index contributed by atoms with van der Waals surface area (Å²) in [7, 11) is 1.64. The van der Waals surface area contributed by atoms with Gasteiger partial charge in [0.05, 0.1) is 13.2 Å². The van der Waals surface area contributed by atoms with Crippen molar-refractivity contribution in [1.82, 2.24) is 0 Å². The Hall–Kier alpha value is -2.54. The fraction of sp³-hybridized carbons (Fsp3) is 0.444. The molecule has 1 aliphatic rings. The van der Waals surface area contributed by atoms with E-state index in [0.29, 0.717) is 24.5 Å². The zero-order valence-electron chi connectivity index (χ0n) is 14.5. The first-order valence-electron chi connectivity index (χ1n) is 8.40. The number of nitrogens with one attached hydrogen (secondary N) is 1. The van der Waals surface area contributed by atoms with Crippen molar-refractivity contribution in [3.8, 4) is 5.75 Å². The molecule has 1 fully saturated rings. The minimum atomic E-state index is -0.579. The number of anilines is 3. The van der Waals surface area contributed by atoms with Gasteiger partial charge in [0.1, 0.15) is 17.1 Å². The van der Waals surface area contributed by atoms with Crippen molar-refractivity contribution in [3.05, 3.63) is 44.7 Å². The fourth-order valence-electron chi connectivity index (χ4n) is 3.08. The van der Waals surface area contributed by atoms with Crippen LogP contribution in [0.4, 0.5) is 17.1 Å². The predicted molar refractivity (Wildman–Crippen MR) is 98.9 cm³/mol. The highest BCUT2D eigenvalue weighted by Gasteiger charge is 2.28. The molecule has 0 unspecified atom stereocenters. The minimum absolute atomic E-state index is 0.254. The highest BCUT2D eigenvalue weighted by Crippen LogP contribution is 2.25. The zero-order chi connectivity index (χ0) is 18.0. The van der Waals surface area contributed by atoms with Gasteiger partial charge in [-0.05, 0) is 31.2 Å². The van der Waals surface area contributed by atoms with Crippen molar-refractivity contribution >= 4 is 17.1 Å². The predicted octanol–water partition coefficient (Wildman–Crippen LogP) is 0.411. The number of benzene rings is 1. The summed E-state index contributed by atoms with van der Waals surface area (Å²) in [4.78, 5) is 27.9. The van der Waals surface area contributed by atoms with Crippen LogP contribution < -0.4 is 30.7 Å². The van der Waals surface area contributed by atoms with Crippen LogP contribution in [0.25, 0.3) is 0 Å². The Morgan fingerprint density at radius 2 is 1.68 bits per heavy atom. The Bertz CT molecular complexity index is 786. The van der Waals surface area contributed by atoms with E-state index in [1.165, 1.54) is 0 Å². The van der Waals surface area contributed by atoms with E-state index in [4.69, 9.17) is 4.74 Å². The molecule has 1 heterocycles. The smallest absolute Gasteiger partial charge is 0.253 e. The van der Waals surface area contributed by atoms with Gasteiger partial charge in [0.2, 0.25) is 0 Å². The quantitative estimate of drug-likeness (QED) is 0.734. The Kier molecular flexibility index (Phi) is 4.94. The molecule has 0 aliphatic carbocycles. The highest BCUT2D eigenvalue weighted by atomic mass is 16.5. The molecule has 3 rings (SSSR count). The van der Waals surface area contributed by atoms with Gasteiger partial charge in [-0.15, -0.1) is 0 Å². The highest BCUT2D eigenvalue weighted by molar-refractivity contribution is 5.75. The number of hydrogen-bond acceptors (Lipinski definition) is 7. The molecule has 1 aliphatic heterocycles. The van der Waals surface area contributed by atoms with E-state index in [9.17, 15) is 14.7 Å². The van der Waals surface area contributed by atoms with Crippen LogP contribution in [0.2, 0.25) is 0 Å². The van der Waals surface area contributed by atoms with Gasteiger partial charge in [-0.2, -0.15) is 0 Å². The molecule has 0 aromatic heterocycles. The average Bonchev–Trinajstić information content (AvgIpc) is 2.64. The topological polar surface area (TPSA) is 82.1 Å². The van der Waals surface area contributed by atoms with Gasteiger partial charge in [-0.25, -0.2) is 0 Å². The SMILES string of the molecule is COc1ccc(N2CCN(c3c(NC[C@@H](C)O)c(=O)c3=O)CC2)cc1. The number of hydrogen-bond donors (Lipinski definition) is 2. The van der Waals surface area contributed by atoms with E-state index in [0.717, 1.165) is 24.5 Å². The summed E-state index contributed by atoms with van der Waals surface area (Å²) in [5.41, 5.74) is 0.973. The van der Waals surface area contributed by atoms with E-state index in [1.807, 2.05) is 29.2 Å². The van der Waals surface area contributed by atoms with Crippen LogP contribution in [-0.4, -0.2) is 51.0 Å². The lowest BCUT2D eigenvalue weighted by molar-refractivity contribution is 0.208. The monoisotopic (exact) mass is 345 g/mol. The molecule has 0 saturated carbocycles. The van der Waals surface area contributed by atoms with Crippen LogP contribution >= 0.6 is 0 Å². The molecule has 2 N–H and O–H groups in total. The molecule has 25 heavy (non-hydrogen) atoms. The van der Waals surface area contributed by atoms with Crippen LogP contribution in [0.15, 0.2) is 33.9 Å². The Balaban J connectivity index is 1.65. The van der Waals surface area contributed by atoms with Crippen molar-refractivity contribution < 1.29 is 9.84 Å². The first-order chi connectivity index (χ1) is 12.0. The van der Waals surface area contributed by atoms with Crippen molar-refractivity contribution in [2.75, 3.05) is 55.0 Å². The van der Waals surface area contributed by atoms with Crippen LogP contribution in [-0.2, 0) is 0 Å². The summed E-state index contributed by atoms with van der Waals surface area (Å²) >= 11 is 0. The van der Waals surface area contributed by atoms with E-state index < -0.39 is 17.0 Å². The number of ether oxygens (including phenoxy) is 1. The molecule has 0 radical (unpaired) electrons. The molecule has 1 saturated heterocycles. The maximum Gasteiger partial charge on any atom is 0.253 e. The maximum atomic E-state index is 12.0. The van der Waals surface area contributed by atoms with Crippen LogP contribution in [0.3, 0.4) is 0 Å². The first-order valence-corrected chi connectivity index (χ1v) is 8.40. The molecular formula is C18H23N3O4. The van der Waals surface area contributed by atoms with Gasteiger partial charge in [0.25, 0.3) is 10.9 Å². The summed E-state index contributed by atoms with van der Waals surface area (Å²) in [6, 6.07) is 7.88. The van der Waals surface area contributed by atoms with Gasteiger partial charge < -0.3 is 25.0 Å². The van der Waals surface area contributed by atoms with Crippen LogP contribution in [0.1, 0.15) is 6.92 Å². The lowest BCUT2D eigenvalue weighted by Gasteiger charge is -2.38. The third-order valence-electron chi connectivity index (χ3n) is 4.49. The Morgan fingerprint density at radius 1 is 1.08 bits per heavy atom. The zero-order valence-corrected chi connectivity index (χ0v) is 14.5. The molecule has 0 spiro atoms. The van der Waals surface area contributed by atoms with Gasteiger partial charge in [0, 0.05) is 38.4 Å². The number of aliphatic hydroxyl groups is 1. The summed E-state index contributed by atoms with van der Waals surface area (Å²) in [5, 5.41) is 12.2. The van der Waals surface area contributed by atoms with Gasteiger partial charge >= 0.3 is 0 Å². The molecule has 2 aromatic carbocycles. The number of nitrogens with zero attached hydrogens (tertiary/aromatic N) is 2. The molecule has 0 bridgehead atoms. The van der Waals surface area contributed by atoms with E-state index >= 15 is 0 Å². The first kappa shape index (κ1) is 17.3. The van der Waals surface area contributed by atoms with Crippen molar-refractivity contribution in [1.29, 1.82) is 0 Å². The third kappa shape index (κ3) is 3.46. The van der Waals surface area contributed by atoms with Crippen molar-refractivity contribution in [2.24, 2.45) is 0 Å². The molecule has 2 aromatic rings. The summed E-state index contributed by atoms with van der Waals surface area (Å²) in [5.74, 6) is 0.819. The molecule has 7 nitrogen and oxygen atoms in total. The summed E-state index contributed by atoms with van der Waals surface area (Å²) < 4.78 is 5.17. The number of piperazine rings is 1. The third-order valence-corrected chi connectivity index (χ3v) is 4.49. The second-order valence-electron chi connectivity index (χ2n) is 6.28. The number of methoxy groups -OCH3 is 1. The lowest BCUT2D eigenvalue weighted by Crippen LogP contribution is -2.51. The second-order valence-corrected chi connectivity index (χ2v) is 6.28. The van der Waals surface area contributed by atoms with Crippen LogP contribution in [0.5, 0.6) is 5.75 Å². The van der Waals surface area contributed by atoms with Gasteiger partial charge in [0.15, 0.2) is 0 Å². The minimum Gasteiger partial charge on any atom is -0.497 e. The number of rotatable bonds is 6. The second kappa shape index (κ2) is 7.14. The Labute approximate surface area is 146 Å². The standard InChI is InChI=1S/C18H23N3O4/c1-12(22)11-19-15-16(18(24)17(15)23)21-9-7-20(8-10-21)13-3-5-14(25-2)6-4-13/h3-6,12,19,22H,7-11H2,1-2H3/t12-/m1/s1. The summed E-state index contributed by atoms with van der Waals surface area (Å²) in [6.45, 7) is 4.75. The number of aliphatic hydroxyl groups excluding tert-OH is 1. The molecule has 0 amide bonds. The van der Waals surface area contributed by atoms with Gasteiger partial charge in [-0.1, -0.05) is 0 Å². The van der Waals surface area contributed by atoms with Crippen LogP contribution in [0, 0.1) is 0 Å². The lowest BCUT2D eigenvalue weighted by atomic mass is 10.1. The molecule has 7 heteroatoms. The average molecular weight is 345 g/mol. The van der Waals surface area contributed by atoms with Crippen molar-refractivity contribution in [2.45, 2.75) is 13.0 Å². The summed E-state index contributed by atoms with van der Waals surface area (Å²) in [6.07, 6.45) is -0.579. The molecule has 1 atom stereocenters.